The van der Waals surface area contributed by atoms with Crippen molar-refractivity contribution in [2.24, 2.45) is 5.73 Å². The van der Waals surface area contributed by atoms with E-state index in [4.69, 9.17) is 10.8 Å². The van der Waals surface area contributed by atoms with Crippen LogP contribution in [0.25, 0.3) is 0 Å². The van der Waals surface area contributed by atoms with Crippen LogP contribution >= 0.6 is 0 Å². The van der Waals surface area contributed by atoms with Crippen LogP contribution < -0.4 is 11.2 Å². The van der Waals surface area contributed by atoms with E-state index in [0.717, 1.165) is 6.07 Å². The van der Waals surface area contributed by atoms with Gasteiger partial charge in [-0.3, -0.25) is 4.79 Å². The number of halogens is 1. The Morgan fingerprint density at radius 2 is 2.25 bits per heavy atom. The molecule has 0 aromatic heterocycles. The summed E-state index contributed by atoms with van der Waals surface area (Å²) >= 11 is 0. The number of carbonyl (C=O) groups excluding carboxylic acids is 1. The summed E-state index contributed by atoms with van der Waals surface area (Å²) in [6.45, 7) is 0. The van der Waals surface area contributed by atoms with Crippen LogP contribution in [0.15, 0.2) is 18.2 Å². The molecule has 1 aromatic carbocycles. The first-order valence-corrected chi connectivity index (χ1v) is 3.22. The summed E-state index contributed by atoms with van der Waals surface area (Å²) in [7, 11) is 0.625. The first-order chi connectivity index (χ1) is 5.65. The molecule has 1 radical (unpaired) electrons. The Balaban J connectivity index is 3.10. The summed E-state index contributed by atoms with van der Waals surface area (Å²) in [6, 6.07) is 3.59. The van der Waals surface area contributed by atoms with E-state index >= 15 is 0 Å². The molecule has 0 heterocycles. The zero-order valence-electron chi connectivity index (χ0n) is 6.12. The minimum absolute atomic E-state index is 0.0278. The van der Waals surface area contributed by atoms with Gasteiger partial charge in [0.1, 0.15) is 5.82 Å². The van der Waals surface area contributed by atoms with Gasteiger partial charge in [0.05, 0.1) is 0 Å². The molecule has 3 nitrogen and oxygen atoms in total. The van der Waals surface area contributed by atoms with Gasteiger partial charge in [-0.1, -0.05) is 6.07 Å². The fourth-order valence-corrected chi connectivity index (χ4v) is 0.785. The van der Waals surface area contributed by atoms with Crippen molar-refractivity contribution in [1.29, 1.82) is 0 Å². The smallest absolute Gasteiger partial charge is 0.329 e. The second-order valence-corrected chi connectivity index (χ2v) is 2.23. The average Bonchev–Trinajstić information content (AvgIpc) is 2.04. The van der Waals surface area contributed by atoms with E-state index in [-0.39, 0.29) is 11.0 Å². The maximum absolute atomic E-state index is 12.8. The topological polar surface area (TPSA) is 63.3 Å². The predicted molar refractivity (Wildman–Crippen MR) is 42.5 cm³/mol. The van der Waals surface area contributed by atoms with Crippen molar-refractivity contribution in [2.45, 2.75) is 0 Å². The van der Waals surface area contributed by atoms with E-state index in [1.807, 2.05) is 0 Å². The average molecular weight is 166 g/mol. The minimum atomic E-state index is -0.696. The van der Waals surface area contributed by atoms with Gasteiger partial charge in [-0.25, -0.2) is 4.39 Å². The molecular formula is C7H6BFNO2. The first-order valence-electron chi connectivity index (χ1n) is 3.22. The molecule has 0 saturated carbocycles. The summed E-state index contributed by atoms with van der Waals surface area (Å²) in [6.07, 6.45) is 0. The molecule has 0 aliphatic carbocycles. The van der Waals surface area contributed by atoms with Crippen LogP contribution in [0.2, 0.25) is 0 Å². The van der Waals surface area contributed by atoms with Crippen LogP contribution in [-0.2, 0) is 0 Å². The summed E-state index contributed by atoms with van der Waals surface area (Å²) < 4.78 is 12.8. The van der Waals surface area contributed by atoms with Crippen LogP contribution in [0.5, 0.6) is 0 Å². The number of benzene rings is 1. The van der Waals surface area contributed by atoms with Crippen molar-refractivity contribution in [3.8, 4) is 0 Å². The first kappa shape index (κ1) is 8.74. The molecule has 0 bridgehead atoms. The van der Waals surface area contributed by atoms with Crippen LogP contribution in [0.1, 0.15) is 10.4 Å². The highest BCUT2D eigenvalue weighted by molar-refractivity contribution is 6.45. The van der Waals surface area contributed by atoms with E-state index in [9.17, 15) is 9.18 Å². The highest BCUT2D eigenvalue weighted by Crippen LogP contribution is 1.99. The zero-order valence-corrected chi connectivity index (χ0v) is 6.12. The molecule has 0 fully saturated rings. The molecule has 3 N–H and O–H groups in total. The van der Waals surface area contributed by atoms with Crippen molar-refractivity contribution >= 4 is 18.9 Å². The van der Waals surface area contributed by atoms with Crippen molar-refractivity contribution in [2.75, 3.05) is 0 Å². The second-order valence-electron chi connectivity index (χ2n) is 2.23. The molecule has 1 aromatic rings. The maximum Gasteiger partial charge on any atom is 0.329 e. The van der Waals surface area contributed by atoms with Gasteiger partial charge in [-0.15, -0.1) is 0 Å². The normalized spacial score (nSPS) is 9.50. The lowest BCUT2D eigenvalue weighted by atomic mass is 9.87. The Morgan fingerprint density at radius 3 is 2.67 bits per heavy atom. The van der Waals surface area contributed by atoms with E-state index in [1.54, 1.807) is 0 Å². The third kappa shape index (κ3) is 1.62. The van der Waals surface area contributed by atoms with Crippen LogP contribution in [-0.4, -0.2) is 18.4 Å². The number of nitrogens with two attached hydrogens (primary N) is 1. The Morgan fingerprint density at radius 1 is 1.58 bits per heavy atom. The Bertz CT molecular complexity index is 316. The van der Waals surface area contributed by atoms with Crippen LogP contribution in [0, 0.1) is 5.82 Å². The lowest BCUT2D eigenvalue weighted by molar-refractivity contribution is 0.1000. The number of amides is 1. The molecule has 0 spiro atoms. The van der Waals surface area contributed by atoms with Gasteiger partial charge in [0.2, 0.25) is 5.91 Å². The number of primary amides is 1. The number of rotatable bonds is 2. The Labute approximate surface area is 69.3 Å². The summed E-state index contributed by atoms with van der Waals surface area (Å²) in [4.78, 5) is 10.5. The van der Waals surface area contributed by atoms with Gasteiger partial charge in [-0.05, 0) is 17.6 Å². The molecule has 0 aliphatic heterocycles. The number of hydrogen-bond donors (Lipinski definition) is 2. The van der Waals surface area contributed by atoms with Crippen molar-refractivity contribution < 1.29 is 14.2 Å². The fraction of sp³-hybridized carbons (Fsp3) is 0. The zero-order chi connectivity index (χ0) is 9.14. The van der Waals surface area contributed by atoms with Gasteiger partial charge >= 0.3 is 7.48 Å². The molecule has 5 heteroatoms. The fourth-order valence-electron chi connectivity index (χ4n) is 0.785. The monoisotopic (exact) mass is 166 g/mol. The third-order valence-corrected chi connectivity index (χ3v) is 1.42. The standard InChI is InChI=1S/C7H6BFNO2/c9-6-3-4(7(10)11)1-2-5(6)8-12/h1-3,12H,(H2,10,11). The molecule has 0 unspecified atom stereocenters. The molecule has 0 atom stereocenters. The van der Waals surface area contributed by atoms with E-state index in [0.29, 0.717) is 7.48 Å². The van der Waals surface area contributed by atoms with Crippen molar-refractivity contribution in [3.63, 3.8) is 0 Å². The number of carbonyl (C=O) groups is 1. The lowest BCUT2D eigenvalue weighted by Crippen LogP contribution is -2.20. The summed E-state index contributed by atoms with van der Waals surface area (Å²) in [5.41, 5.74) is 5.01. The van der Waals surface area contributed by atoms with Crippen molar-refractivity contribution in [1.82, 2.24) is 0 Å². The Hall–Kier alpha value is -1.36. The largest absolute Gasteiger partial charge is 0.450 e. The molecular weight excluding hydrogens is 160 g/mol. The van der Waals surface area contributed by atoms with Gasteiger partial charge in [-0.2, -0.15) is 0 Å². The second kappa shape index (κ2) is 3.36. The number of hydrogen-bond acceptors (Lipinski definition) is 2. The minimum Gasteiger partial charge on any atom is -0.450 e. The molecule has 1 rings (SSSR count). The molecule has 0 aliphatic rings. The third-order valence-electron chi connectivity index (χ3n) is 1.42. The van der Waals surface area contributed by atoms with E-state index in [2.05, 4.69) is 0 Å². The van der Waals surface area contributed by atoms with Gasteiger partial charge in [0, 0.05) is 5.56 Å². The van der Waals surface area contributed by atoms with E-state index < -0.39 is 11.7 Å². The quantitative estimate of drug-likeness (QED) is 0.562. The highest BCUT2D eigenvalue weighted by Gasteiger charge is 2.06. The van der Waals surface area contributed by atoms with Crippen molar-refractivity contribution in [3.05, 3.63) is 29.6 Å². The predicted octanol–water partition coefficient (Wildman–Crippen LogP) is -0.839. The van der Waals surface area contributed by atoms with Gasteiger partial charge in [0.15, 0.2) is 0 Å². The SMILES string of the molecule is NC(=O)c1ccc([B]O)c(F)c1. The summed E-state index contributed by atoms with van der Waals surface area (Å²) in [5.74, 6) is -1.37. The van der Waals surface area contributed by atoms with E-state index in [1.165, 1.54) is 12.1 Å². The molecule has 0 saturated heterocycles. The van der Waals surface area contributed by atoms with Gasteiger partial charge < -0.3 is 10.8 Å². The lowest BCUT2D eigenvalue weighted by Gasteiger charge is -1.98. The Kier molecular flexibility index (Phi) is 2.45. The molecule has 61 valence electrons. The van der Waals surface area contributed by atoms with Crippen LogP contribution in [0.3, 0.4) is 0 Å². The van der Waals surface area contributed by atoms with Gasteiger partial charge in [0.25, 0.3) is 0 Å². The molecule has 1 amide bonds. The maximum atomic E-state index is 12.8. The summed E-state index contributed by atoms with van der Waals surface area (Å²) in [5, 5.41) is 8.47. The highest BCUT2D eigenvalue weighted by atomic mass is 19.1. The van der Waals surface area contributed by atoms with Crippen LogP contribution in [0.4, 0.5) is 4.39 Å². The molecule has 12 heavy (non-hydrogen) atoms.